The fraction of sp³-hybridized carbons (Fsp3) is 0.500. The topological polar surface area (TPSA) is 180 Å². The van der Waals surface area contributed by atoms with E-state index in [9.17, 15) is 33.7 Å². The van der Waals surface area contributed by atoms with E-state index in [0.29, 0.717) is 0 Å². The molecule has 14 nitrogen and oxygen atoms in total. The Morgan fingerprint density at radius 1 is 0.571 bits per heavy atom. The van der Waals surface area contributed by atoms with Crippen molar-refractivity contribution in [3.05, 3.63) is 36.4 Å². The Balaban J connectivity index is 1.72. The van der Waals surface area contributed by atoms with E-state index in [1.807, 2.05) is 0 Å². The van der Waals surface area contributed by atoms with Crippen LogP contribution < -0.4 is 18.9 Å². The monoisotopic (exact) mass is 666 g/mol. The average Bonchev–Trinajstić information content (AvgIpc) is 3.42. The molecule has 0 N–H and O–H groups in total. The Morgan fingerprint density at radius 3 is 1.14 bits per heavy atom. The zero-order chi connectivity index (χ0) is 30.8. The minimum absolute atomic E-state index is 0.109. The van der Waals surface area contributed by atoms with E-state index >= 15 is 0 Å². The molecule has 42 heavy (non-hydrogen) atoms. The van der Waals surface area contributed by atoms with Crippen LogP contribution in [0.3, 0.4) is 0 Å². The zero-order valence-corrected chi connectivity index (χ0v) is 26.3. The number of nitrogens with zero attached hydrogens (tertiary/aromatic N) is 2. The largest absolute Gasteiger partial charge is 0.497 e. The highest BCUT2D eigenvalue weighted by atomic mass is 32.2. The Kier molecular flexibility index (Phi) is 7.71. The first-order chi connectivity index (χ1) is 19.6. The molecule has 2 aromatic rings. The van der Waals surface area contributed by atoms with Crippen molar-refractivity contribution in [2.24, 2.45) is 0 Å². The summed E-state index contributed by atoms with van der Waals surface area (Å²) in [6.07, 6.45) is 0. The second-order valence-corrected chi connectivity index (χ2v) is 18.1. The van der Waals surface area contributed by atoms with E-state index in [2.05, 4.69) is 0 Å². The van der Waals surface area contributed by atoms with Gasteiger partial charge in [-0.2, -0.15) is 8.61 Å². The predicted molar refractivity (Wildman–Crippen MR) is 150 cm³/mol. The molecule has 0 saturated carbocycles. The van der Waals surface area contributed by atoms with Crippen molar-refractivity contribution in [2.75, 3.05) is 51.5 Å². The van der Waals surface area contributed by atoms with Gasteiger partial charge >= 0.3 is 0 Å². The van der Waals surface area contributed by atoms with Crippen molar-refractivity contribution >= 4 is 39.7 Å². The summed E-state index contributed by atoms with van der Waals surface area (Å²) in [4.78, 5) is -0.685. The fourth-order valence-electron chi connectivity index (χ4n) is 6.00. The van der Waals surface area contributed by atoms with Gasteiger partial charge in [0.25, 0.3) is 0 Å². The molecule has 4 atom stereocenters. The molecule has 0 aliphatic carbocycles. The van der Waals surface area contributed by atoms with Gasteiger partial charge in [0.1, 0.15) is 32.8 Å². The van der Waals surface area contributed by atoms with Gasteiger partial charge in [0, 0.05) is 12.1 Å². The number of benzene rings is 2. The third-order valence-corrected chi connectivity index (χ3v) is 15.1. The Bertz CT molecular complexity index is 1670. The first-order valence-electron chi connectivity index (χ1n) is 12.5. The van der Waals surface area contributed by atoms with Gasteiger partial charge in [-0.15, -0.1) is 0 Å². The number of ether oxygens (including phenoxy) is 4. The SMILES string of the molecule is COc1ccc(S(=O)(=O)N2[C@@H]3CS(=O)(=O)C[C@@H]3N(S(=O)(=O)c3ccc(OC)cc3OC)[C@H]3CS(=O)(=O)C[C@@H]32)c(OC)c1. The molecule has 0 amide bonds. The van der Waals surface area contributed by atoms with Crippen LogP contribution in [0.15, 0.2) is 46.2 Å². The number of hydrogen-bond acceptors (Lipinski definition) is 12. The maximum Gasteiger partial charge on any atom is 0.247 e. The number of hydrogen-bond donors (Lipinski definition) is 0. The second-order valence-electron chi connectivity index (χ2n) is 10.1. The quantitative estimate of drug-likeness (QED) is 0.361. The summed E-state index contributed by atoms with van der Waals surface area (Å²) in [6.45, 7) is 0. The number of piperazine rings is 1. The third-order valence-electron chi connectivity index (χ3n) is 7.75. The van der Waals surface area contributed by atoms with E-state index in [0.717, 1.165) is 8.61 Å². The van der Waals surface area contributed by atoms with Crippen molar-refractivity contribution in [3.8, 4) is 23.0 Å². The minimum atomic E-state index is -4.63. The van der Waals surface area contributed by atoms with Gasteiger partial charge < -0.3 is 18.9 Å². The number of sulfonamides is 2. The van der Waals surface area contributed by atoms with Crippen molar-refractivity contribution in [2.45, 2.75) is 34.0 Å². The average molecular weight is 667 g/mol. The van der Waals surface area contributed by atoms with Crippen molar-refractivity contribution in [3.63, 3.8) is 0 Å². The lowest BCUT2D eigenvalue weighted by Crippen LogP contribution is -2.69. The van der Waals surface area contributed by atoms with E-state index in [1.54, 1.807) is 0 Å². The second kappa shape index (κ2) is 10.5. The van der Waals surface area contributed by atoms with Crippen LogP contribution in [-0.4, -0.2) is 118 Å². The van der Waals surface area contributed by atoms with Crippen molar-refractivity contribution in [1.82, 2.24) is 8.61 Å². The summed E-state index contributed by atoms with van der Waals surface area (Å²) in [5, 5.41) is 0. The standard InChI is InChI=1S/C24H30N2O12S4/c1-35-15-5-7-23(21(9-15)37-3)41(31,32)25-17-11-39(27,28)13-19(17)26(20-14-40(29,30)12-18(20)25)42(33,34)24-8-6-16(36-2)10-22(24)38-4/h5-10,17-20H,11-14H2,1-4H3/t17-,18-,19-,20+/m0/s1. The molecule has 232 valence electrons. The molecule has 3 aliphatic heterocycles. The molecule has 0 radical (unpaired) electrons. The minimum Gasteiger partial charge on any atom is -0.497 e. The van der Waals surface area contributed by atoms with Crippen LogP contribution in [0.25, 0.3) is 0 Å². The van der Waals surface area contributed by atoms with Gasteiger partial charge in [-0.25, -0.2) is 33.7 Å². The smallest absolute Gasteiger partial charge is 0.247 e. The predicted octanol–water partition coefficient (Wildman–Crippen LogP) is -0.253. The molecule has 3 saturated heterocycles. The molecule has 0 aromatic heterocycles. The number of sulfone groups is 2. The van der Waals surface area contributed by atoms with Crippen LogP contribution in [0.1, 0.15) is 0 Å². The molecule has 3 aliphatic rings. The zero-order valence-electron chi connectivity index (χ0n) is 23.0. The molecule has 0 spiro atoms. The molecule has 0 unspecified atom stereocenters. The molecule has 3 heterocycles. The first-order valence-corrected chi connectivity index (χ1v) is 19.0. The third kappa shape index (κ3) is 5.00. The van der Waals surface area contributed by atoms with E-state index in [-0.39, 0.29) is 32.8 Å². The van der Waals surface area contributed by atoms with Gasteiger partial charge in [-0.1, -0.05) is 0 Å². The molecular formula is C24H30N2O12S4. The Morgan fingerprint density at radius 2 is 0.881 bits per heavy atom. The van der Waals surface area contributed by atoms with Gasteiger partial charge in [0.2, 0.25) is 20.0 Å². The van der Waals surface area contributed by atoms with Crippen LogP contribution in [-0.2, 0) is 39.7 Å². The first kappa shape index (κ1) is 30.8. The van der Waals surface area contributed by atoms with E-state index < -0.39 is 86.9 Å². The van der Waals surface area contributed by atoms with Gasteiger partial charge in [0.05, 0.1) is 75.6 Å². The van der Waals surface area contributed by atoms with E-state index in [1.165, 1.54) is 64.8 Å². The van der Waals surface area contributed by atoms with Gasteiger partial charge in [0.15, 0.2) is 19.7 Å². The van der Waals surface area contributed by atoms with E-state index in [4.69, 9.17) is 18.9 Å². The van der Waals surface area contributed by atoms with Crippen molar-refractivity contribution in [1.29, 1.82) is 0 Å². The molecule has 2 aromatic carbocycles. The summed E-state index contributed by atoms with van der Waals surface area (Å²) in [5.74, 6) is -2.45. The summed E-state index contributed by atoms with van der Waals surface area (Å²) in [5.41, 5.74) is 0. The molecule has 0 bridgehead atoms. The summed E-state index contributed by atoms with van der Waals surface area (Å²) >= 11 is 0. The van der Waals surface area contributed by atoms with Gasteiger partial charge in [-0.3, -0.25) is 0 Å². The Labute approximate surface area is 245 Å². The van der Waals surface area contributed by atoms with Crippen LogP contribution >= 0.6 is 0 Å². The molecular weight excluding hydrogens is 637 g/mol. The number of methoxy groups -OCH3 is 4. The fourth-order valence-corrected chi connectivity index (χ4v) is 14.3. The van der Waals surface area contributed by atoms with Crippen LogP contribution in [0.2, 0.25) is 0 Å². The number of fused-ring (bicyclic) bond motifs is 2. The summed E-state index contributed by atoms with van der Waals surface area (Å²) in [6, 6.07) is 2.17. The molecule has 5 rings (SSSR count). The van der Waals surface area contributed by atoms with Gasteiger partial charge in [-0.05, 0) is 24.3 Å². The van der Waals surface area contributed by atoms with Crippen LogP contribution in [0.5, 0.6) is 23.0 Å². The summed E-state index contributed by atoms with van der Waals surface area (Å²) < 4.78 is 132. The molecule has 3 fully saturated rings. The lowest BCUT2D eigenvalue weighted by atomic mass is 10.0. The number of rotatable bonds is 8. The maximum atomic E-state index is 14.3. The Hall–Kier alpha value is -2.64. The highest BCUT2D eigenvalue weighted by Crippen LogP contribution is 2.45. The van der Waals surface area contributed by atoms with Crippen molar-refractivity contribution < 1.29 is 52.6 Å². The molecule has 18 heteroatoms. The maximum absolute atomic E-state index is 14.3. The van der Waals surface area contributed by atoms with Crippen LogP contribution in [0, 0.1) is 0 Å². The summed E-state index contributed by atoms with van der Waals surface area (Å²) in [7, 11) is -11.9. The normalized spacial score (nSPS) is 27.1. The highest BCUT2D eigenvalue weighted by molar-refractivity contribution is 7.93. The lowest BCUT2D eigenvalue weighted by Gasteiger charge is -2.49. The highest BCUT2D eigenvalue weighted by Gasteiger charge is 2.64. The lowest BCUT2D eigenvalue weighted by molar-refractivity contribution is 0.0838. The van der Waals surface area contributed by atoms with Crippen LogP contribution in [0.4, 0.5) is 0 Å².